The number of carboxylic acid groups (broad SMARTS) is 1. The second-order valence-corrected chi connectivity index (χ2v) is 5.79. The second kappa shape index (κ2) is 6.24. The highest BCUT2D eigenvalue weighted by Gasteiger charge is 2.15. The molecule has 0 amide bonds. The van der Waals surface area contributed by atoms with Crippen molar-refractivity contribution in [3.8, 4) is 11.3 Å². The van der Waals surface area contributed by atoms with Gasteiger partial charge in [0.1, 0.15) is 5.65 Å². The molecule has 118 valence electrons. The summed E-state index contributed by atoms with van der Waals surface area (Å²) in [4.78, 5) is 15.7. The summed E-state index contributed by atoms with van der Waals surface area (Å²) in [6, 6.07) is 12.3. The van der Waals surface area contributed by atoms with Crippen LogP contribution in [0.1, 0.15) is 30.2 Å². The van der Waals surface area contributed by atoms with Gasteiger partial charge in [-0.05, 0) is 30.5 Å². The summed E-state index contributed by atoms with van der Waals surface area (Å²) in [7, 11) is 0. The summed E-state index contributed by atoms with van der Waals surface area (Å²) >= 11 is 0. The molecule has 1 N–H and O–H groups in total. The summed E-state index contributed by atoms with van der Waals surface area (Å²) in [5.74, 6) is -0.792. The second-order valence-electron chi connectivity index (χ2n) is 5.79. The van der Waals surface area contributed by atoms with Crippen LogP contribution in [-0.4, -0.2) is 20.5 Å². The molecule has 4 heteroatoms. The van der Waals surface area contributed by atoms with Crippen molar-refractivity contribution in [1.82, 2.24) is 9.38 Å². The van der Waals surface area contributed by atoms with Crippen LogP contribution in [0, 0.1) is 6.92 Å². The van der Waals surface area contributed by atoms with Crippen molar-refractivity contribution in [2.45, 2.75) is 33.1 Å². The monoisotopic (exact) mass is 308 g/mol. The molecule has 2 aromatic heterocycles. The number of benzene rings is 1. The molecule has 0 aliphatic rings. The van der Waals surface area contributed by atoms with E-state index in [2.05, 4.69) is 31.2 Å². The molecule has 3 aromatic rings. The highest BCUT2D eigenvalue weighted by atomic mass is 16.4. The zero-order valence-corrected chi connectivity index (χ0v) is 13.4. The van der Waals surface area contributed by atoms with Gasteiger partial charge >= 0.3 is 5.97 Å². The highest BCUT2D eigenvalue weighted by molar-refractivity contribution is 5.70. The SMILES string of the molecule is CCc1ccc(-c2nc3ccc(C)cn3c2CCC(=O)O)cc1. The van der Waals surface area contributed by atoms with E-state index in [-0.39, 0.29) is 6.42 Å². The van der Waals surface area contributed by atoms with Gasteiger partial charge in [0.15, 0.2) is 0 Å². The van der Waals surface area contributed by atoms with E-state index in [1.807, 2.05) is 29.7 Å². The summed E-state index contributed by atoms with van der Waals surface area (Å²) in [5, 5.41) is 9.04. The topological polar surface area (TPSA) is 54.6 Å². The van der Waals surface area contributed by atoms with E-state index in [0.29, 0.717) is 6.42 Å². The molecule has 0 saturated heterocycles. The molecule has 4 nitrogen and oxygen atoms in total. The van der Waals surface area contributed by atoms with E-state index in [9.17, 15) is 4.79 Å². The zero-order chi connectivity index (χ0) is 16.4. The third-order valence-corrected chi connectivity index (χ3v) is 4.08. The number of hydrogen-bond acceptors (Lipinski definition) is 2. The third-order valence-electron chi connectivity index (χ3n) is 4.08. The minimum atomic E-state index is -0.792. The molecule has 0 unspecified atom stereocenters. The normalized spacial score (nSPS) is 11.0. The number of pyridine rings is 1. The number of aromatic nitrogens is 2. The van der Waals surface area contributed by atoms with Gasteiger partial charge in [-0.25, -0.2) is 4.98 Å². The van der Waals surface area contributed by atoms with E-state index in [1.165, 1.54) is 5.56 Å². The lowest BCUT2D eigenvalue weighted by Gasteiger charge is -2.05. The number of imidazole rings is 1. The maximum Gasteiger partial charge on any atom is 0.303 e. The third kappa shape index (κ3) is 3.11. The van der Waals surface area contributed by atoms with Crippen LogP contribution in [0.2, 0.25) is 0 Å². The Balaban J connectivity index is 2.13. The van der Waals surface area contributed by atoms with Gasteiger partial charge in [-0.3, -0.25) is 4.79 Å². The van der Waals surface area contributed by atoms with E-state index in [0.717, 1.165) is 34.6 Å². The number of rotatable bonds is 5. The van der Waals surface area contributed by atoms with Gasteiger partial charge in [-0.2, -0.15) is 0 Å². The lowest BCUT2D eigenvalue weighted by molar-refractivity contribution is -0.136. The summed E-state index contributed by atoms with van der Waals surface area (Å²) in [6.45, 7) is 4.15. The molecule has 0 saturated carbocycles. The van der Waals surface area contributed by atoms with Gasteiger partial charge < -0.3 is 9.51 Å². The Bertz CT molecular complexity index is 848. The summed E-state index contributed by atoms with van der Waals surface area (Å²) < 4.78 is 2.02. The van der Waals surface area contributed by atoms with E-state index in [4.69, 9.17) is 10.1 Å². The average Bonchev–Trinajstić information content (AvgIpc) is 2.90. The molecule has 0 aliphatic heterocycles. The van der Waals surface area contributed by atoms with Crippen LogP contribution >= 0.6 is 0 Å². The smallest absolute Gasteiger partial charge is 0.303 e. The number of carboxylic acids is 1. The largest absolute Gasteiger partial charge is 0.481 e. The number of aryl methyl sites for hydroxylation is 3. The zero-order valence-electron chi connectivity index (χ0n) is 13.4. The van der Waals surface area contributed by atoms with Crippen molar-refractivity contribution in [2.75, 3.05) is 0 Å². The maximum absolute atomic E-state index is 11.0. The van der Waals surface area contributed by atoms with Crippen molar-refractivity contribution < 1.29 is 9.90 Å². The number of aliphatic carboxylic acids is 1. The minimum absolute atomic E-state index is 0.0990. The lowest BCUT2D eigenvalue weighted by Crippen LogP contribution is -2.02. The fourth-order valence-electron chi connectivity index (χ4n) is 2.79. The number of fused-ring (bicyclic) bond motifs is 1. The highest BCUT2D eigenvalue weighted by Crippen LogP contribution is 2.26. The van der Waals surface area contributed by atoms with E-state index < -0.39 is 5.97 Å². The fraction of sp³-hybridized carbons (Fsp3) is 0.263. The summed E-state index contributed by atoms with van der Waals surface area (Å²) in [6.07, 6.45) is 3.58. The standard InChI is InChI=1S/C19H20N2O2/c1-3-14-5-7-15(8-6-14)19-16(9-11-18(22)23)21-12-13(2)4-10-17(21)20-19/h4-8,10,12H,3,9,11H2,1-2H3,(H,22,23). The fourth-order valence-corrected chi connectivity index (χ4v) is 2.79. The molecule has 0 radical (unpaired) electrons. The molecule has 0 spiro atoms. The quantitative estimate of drug-likeness (QED) is 0.778. The summed E-state index contributed by atoms with van der Waals surface area (Å²) in [5.41, 5.74) is 6.11. The van der Waals surface area contributed by atoms with E-state index in [1.54, 1.807) is 0 Å². The van der Waals surface area contributed by atoms with Gasteiger partial charge in [0, 0.05) is 18.2 Å². The van der Waals surface area contributed by atoms with Crippen LogP contribution in [0.4, 0.5) is 0 Å². The Morgan fingerprint density at radius 1 is 1.17 bits per heavy atom. The van der Waals surface area contributed by atoms with Crippen LogP contribution < -0.4 is 0 Å². The molecule has 1 aromatic carbocycles. The van der Waals surface area contributed by atoms with Gasteiger partial charge in [-0.15, -0.1) is 0 Å². The number of carbonyl (C=O) groups is 1. The Labute approximate surface area is 135 Å². The maximum atomic E-state index is 11.0. The first-order valence-electron chi connectivity index (χ1n) is 7.87. The molecule has 0 fully saturated rings. The molecular formula is C19H20N2O2. The van der Waals surface area contributed by atoms with Gasteiger partial charge in [0.05, 0.1) is 17.8 Å². The molecule has 0 aliphatic carbocycles. The first kappa shape index (κ1) is 15.3. The van der Waals surface area contributed by atoms with Crippen molar-refractivity contribution in [3.63, 3.8) is 0 Å². The average molecular weight is 308 g/mol. The molecule has 0 bridgehead atoms. The van der Waals surface area contributed by atoms with Crippen LogP contribution in [0.5, 0.6) is 0 Å². The Morgan fingerprint density at radius 3 is 2.57 bits per heavy atom. The van der Waals surface area contributed by atoms with E-state index >= 15 is 0 Å². The van der Waals surface area contributed by atoms with Crippen LogP contribution in [0.3, 0.4) is 0 Å². The molecule has 2 heterocycles. The van der Waals surface area contributed by atoms with Crippen LogP contribution in [-0.2, 0) is 17.6 Å². The first-order chi connectivity index (χ1) is 11.1. The first-order valence-corrected chi connectivity index (χ1v) is 7.87. The molecule has 3 rings (SSSR count). The lowest BCUT2D eigenvalue weighted by atomic mass is 10.0. The van der Waals surface area contributed by atoms with Crippen molar-refractivity contribution in [2.24, 2.45) is 0 Å². The number of nitrogens with zero attached hydrogens (tertiary/aromatic N) is 2. The van der Waals surface area contributed by atoms with Gasteiger partial charge in [0.2, 0.25) is 0 Å². The predicted molar refractivity (Wildman–Crippen MR) is 90.7 cm³/mol. The Morgan fingerprint density at radius 2 is 1.91 bits per heavy atom. The minimum Gasteiger partial charge on any atom is -0.481 e. The Hall–Kier alpha value is -2.62. The van der Waals surface area contributed by atoms with Crippen LogP contribution in [0.25, 0.3) is 16.9 Å². The van der Waals surface area contributed by atoms with Crippen molar-refractivity contribution >= 4 is 11.6 Å². The number of hydrogen-bond donors (Lipinski definition) is 1. The van der Waals surface area contributed by atoms with Crippen molar-refractivity contribution in [3.05, 3.63) is 59.4 Å². The van der Waals surface area contributed by atoms with Gasteiger partial charge in [0.25, 0.3) is 0 Å². The molecule has 0 atom stereocenters. The van der Waals surface area contributed by atoms with Gasteiger partial charge in [-0.1, -0.05) is 37.3 Å². The molecular weight excluding hydrogens is 288 g/mol. The predicted octanol–water partition coefficient (Wildman–Crippen LogP) is 3.89. The Kier molecular flexibility index (Phi) is 4.15. The molecule has 23 heavy (non-hydrogen) atoms. The van der Waals surface area contributed by atoms with Crippen LogP contribution in [0.15, 0.2) is 42.6 Å². The van der Waals surface area contributed by atoms with Crippen molar-refractivity contribution in [1.29, 1.82) is 0 Å².